The third-order valence-electron chi connectivity index (χ3n) is 2.93. The third-order valence-corrected chi connectivity index (χ3v) is 3.40. The van der Waals surface area contributed by atoms with Crippen LogP contribution >= 0.6 is 11.6 Å². The molecule has 0 aliphatic heterocycles. The van der Waals surface area contributed by atoms with Gasteiger partial charge in [-0.25, -0.2) is 8.78 Å². The van der Waals surface area contributed by atoms with Crippen LogP contribution in [0.4, 0.5) is 8.78 Å². The summed E-state index contributed by atoms with van der Waals surface area (Å²) in [7, 11) is 2.85. The zero-order chi connectivity index (χ0) is 14.7. The van der Waals surface area contributed by atoms with E-state index in [1.54, 1.807) is 24.3 Å². The van der Waals surface area contributed by atoms with E-state index in [4.69, 9.17) is 21.1 Å². The van der Waals surface area contributed by atoms with Gasteiger partial charge in [0.1, 0.15) is 23.1 Å². The molecule has 106 valence electrons. The van der Waals surface area contributed by atoms with Crippen molar-refractivity contribution < 1.29 is 18.3 Å². The molecule has 2 rings (SSSR count). The fourth-order valence-corrected chi connectivity index (χ4v) is 2.23. The fraction of sp³-hybridized carbons (Fsp3) is 0.200. The van der Waals surface area contributed by atoms with Crippen LogP contribution in [0, 0.1) is 11.6 Å². The molecule has 2 aromatic carbocycles. The smallest absolute Gasteiger partial charge is 0.134 e. The second-order valence-corrected chi connectivity index (χ2v) is 4.58. The molecule has 1 unspecified atom stereocenters. The Morgan fingerprint density at radius 2 is 1.55 bits per heavy atom. The number of rotatable bonds is 4. The lowest BCUT2D eigenvalue weighted by atomic mass is 10.0. The average Bonchev–Trinajstić information content (AvgIpc) is 2.46. The fourth-order valence-electron chi connectivity index (χ4n) is 1.89. The maximum Gasteiger partial charge on any atom is 0.134 e. The van der Waals surface area contributed by atoms with E-state index in [1.807, 2.05) is 0 Å². The molecule has 0 radical (unpaired) electrons. The Bertz CT molecular complexity index is 594. The molecule has 0 heterocycles. The van der Waals surface area contributed by atoms with Crippen molar-refractivity contribution in [2.45, 2.75) is 5.38 Å². The van der Waals surface area contributed by atoms with Crippen LogP contribution < -0.4 is 9.47 Å². The monoisotopic (exact) mass is 298 g/mol. The molecule has 0 saturated heterocycles. The first-order valence-corrected chi connectivity index (χ1v) is 6.31. The number of methoxy groups -OCH3 is 2. The van der Waals surface area contributed by atoms with E-state index in [0.717, 1.165) is 12.1 Å². The Hall–Kier alpha value is -1.81. The first kappa shape index (κ1) is 14.6. The van der Waals surface area contributed by atoms with Crippen LogP contribution in [0.5, 0.6) is 11.5 Å². The molecule has 0 aromatic heterocycles. The number of benzene rings is 2. The number of hydrogen-bond donors (Lipinski definition) is 0. The van der Waals surface area contributed by atoms with Gasteiger partial charge in [0.05, 0.1) is 19.6 Å². The van der Waals surface area contributed by atoms with E-state index in [1.165, 1.54) is 14.2 Å². The maximum atomic E-state index is 14.0. The van der Waals surface area contributed by atoms with Crippen molar-refractivity contribution in [3.05, 3.63) is 59.2 Å². The largest absolute Gasteiger partial charge is 0.497 e. The predicted molar refractivity (Wildman–Crippen MR) is 73.6 cm³/mol. The van der Waals surface area contributed by atoms with Crippen LogP contribution in [-0.2, 0) is 0 Å². The highest BCUT2D eigenvalue weighted by atomic mass is 35.5. The Morgan fingerprint density at radius 3 is 2.10 bits per heavy atom. The van der Waals surface area contributed by atoms with Crippen LogP contribution in [-0.4, -0.2) is 14.2 Å². The summed E-state index contributed by atoms with van der Waals surface area (Å²) in [6.07, 6.45) is 0. The average molecular weight is 299 g/mol. The van der Waals surface area contributed by atoms with Crippen molar-refractivity contribution >= 4 is 11.6 Å². The molecule has 0 spiro atoms. The van der Waals surface area contributed by atoms with Gasteiger partial charge in [-0.15, -0.1) is 11.6 Å². The number of hydrogen-bond acceptors (Lipinski definition) is 2. The normalized spacial score (nSPS) is 12.1. The van der Waals surface area contributed by atoms with Crippen LogP contribution in [0.3, 0.4) is 0 Å². The number of ether oxygens (including phenoxy) is 2. The molecule has 0 N–H and O–H groups in total. The summed E-state index contributed by atoms with van der Waals surface area (Å²) in [5.74, 6) is -0.810. The van der Waals surface area contributed by atoms with Gasteiger partial charge in [0.2, 0.25) is 0 Å². The third kappa shape index (κ3) is 2.85. The van der Waals surface area contributed by atoms with Crippen molar-refractivity contribution in [1.29, 1.82) is 0 Å². The number of halogens is 3. The molecule has 0 saturated carbocycles. The van der Waals surface area contributed by atoms with E-state index < -0.39 is 17.0 Å². The Balaban J connectivity index is 2.44. The van der Waals surface area contributed by atoms with Gasteiger partial charge < -0.3 is 9.47 Å². The second-order valence-electron chi connectivity index (χ2n) is 4.14. The van der Waals surface area contributed by atoms with Crippen molar-refractivity contribution in [1.82, 2.24) is 0 Å². The Kier molecular flexibility index (Phi) is 4.45. The summed E-state index contributed by atoms with van der Waals surface area (Å²) >= 11 is 6.19. The number of alkyl halides is 1. The van der Waals surface area contributed by atoms with Crippen molar-refractivity contribution in [2.75, 3.05) is 14.2 Å². The SMILES string of the molecule is COc1cccc(C(Cl)c2c(F)cc(OC)cc2F)c1. The van der Waals surface area contributed by atoms with Crippen molar-refractivity contribution in [2.24, 2.45) is 0 Å². The van der Waals surface area contributed by atoms with Gasteiger partial charge in [-0.05, 0) is 17.7 Å². The quantitative estimate of drug-likeness (QED) is 0.783. The van der Waals surface area contributed by atoms with E-state index in [9.17, 15) is 8.78 Å². The molecular weight excluding hydrogens is 286 g/mol. The molecule has 0 aliphatic carbocycles. The molecule has 5 heteroatoms. The highest BCUT2D eigenvalue weighted by Crippen LogP contribution is 2.35. The first-order chi connectivity index (χ1) is 9.56. The molecule has 0 aliphatic rings. The molecule has 20 heavy (non-hydrogen) atoms. The van der Waals surface area contributed by atoms with E-state index in [0.29, 0.717) is 11.3 Å². The molecular formula is C15H13ClF2O2. The van der Waals surface area contributed by atoms with Gasteiger partial charge in [-0.2, -0.15) is 0 Å². The molecule has 0 amide bonds. The van der Waals surface area contributed by atoms with Crippen LogP contribution in [0.1, 0.15) is 16.5 Å². The van der Waals surface area contributed by atoms with Gasteiger partial charge in [-0.1, -0.05) is 12.1 Å². The molecule has 0 fully saturated rings. The summed E-state index contributed by atoms with van der Waals surface area (Å²) in [4.78, 5) is 0. The van der Waals surface area contributed by atoms with Crippen LogP contribution in [0.2, 0.25) is 0 Å². The summed E-state index contributed by atoms with van der Waals surface area (Å²) in [6.45, 7) is 0. The summed E-state index contributed by atoms with van der Waals surface area (Å²) in [5, 5.41) is -0.948. The van der Waals surface area contributed by atoms with Gasteiger partial charge >= 0.3 is 0 Å². The van der Waals surface area contributed by atoms with E-state index in [-0.39, 0.29) is 11.3 Å². The zero-order valence-electron chi connectivity index (χ0n) is 11.0. The minimum absolute atomic E-state index is 0.109. The van der Waals surface area contributed by atoms with Gasteiger partial charge in [-0.3, -0.25) is 0 Å². The van der Waals surface area contributed by atoms with Crippen molar-refractivity contribution in [3.63, 3.8) is 0 Å². The molecule has 2 aromatic rings. The summed E-state index contributed by atoms with van der Waals surface area (Å²) < 4.78 is 37.8. The molecule has 2 nitrogen and oxygen atoms in total. The van der Waals surface area contributed by atoms with Crippen LogP contribution in [0.25, 0.3) is 0 Å². The minimum Gasteiger partial charge on any atom is -0.497 e. The molecule has 1 atom stereocenters. The highest BCUT2D eigenvalue weighted by Gasteiger charge is 2.21. The first-order valence-electron chi connectivity index (χ1n) is 5.87. The van der Waals surface area contributed by atoms with Gasteiger partial charge in [0.25, 0.3) is 0 Å². The second kappa shape index (κ2) is 6.09. The Morgan fingerprint density at radius 1 is 0.950 bits per heavy atom. The standard InChI is InChI=1S/C15H13ClF2O2/c1-19-10-5-3-4-9(6-10)15(16)14-12(17)7-11(20-2)8-13(14)18/h3-8,15H,1-2H3. The zero-order valence-corrected chi connectivity index (χ0v) is 11.7. The summed E-state index contributed by atoms with van der Waals surface area (Å²) in [5.41, 5.74) is 0.342. The lowest BCUT2D eigenvalue weighted by Gasteiger charge is -2.14. The Labute approximate surface area is 120 Å². The highest BCUT2D eigenvalue weighted by molar-refractivity contribution is 6.22. The predicted octanol–water partition coefficient (Wildman–Crippen LogP) is 4.31. The lowest BCUT2D eigenvalue weighted by Crippen LogP contribution is -2.02. The van der Waals surface area contributed by atoms with Crippen LogP contribution in [0.15, 0.2) is 36.4 Å². The van der Waals surface area contributed by atoms with E-state index >= 15 is 0 Å². The summed E-state index contributed by atoms with van der Waals surface area (Å²) in [6, 6.07) is 8.97. The van der Waals surface area contributed by atoms with Gasteiger partial charge in [0.15, 0.2) is 0 Å². The van der Waals surface area contributed by atoms with Crippen molar-refractivity contribution in [3.8, 4) is 11.5 Å². The van der Waals surface area contributed by atoms with Gasteiger partial charge in [0, 0.05) is 17.7 Å². The lowest BCUT2D eigenvalue weighted by molar-refractivity contribution is 0.405. The molecule has 0 bridgehead atoms. The maximum absolute atomic E-state index is 14.0. The topological polar surface area (TPSA) is 18.5 Å². The van der Waals surface area contributed by atoms with E-state index in [2.05, 4.69) is 0 Å². The minimum atomic E-state index is -0.948.